The largest absolute Gasteiger partial charge is 0.309 e. The number of alkyl halides is 1. The second-order valence-electron chi connectivity index (χ2n) is 4.00. The van der Waals surface area contributed by atoms with Gasteiger partial charge in [0, 0.05) is 24.5 Å². The lowest BCUT2D eigenvalue weighted by Gasteiger charge is -2.19. The van der Waals surface area contributed by atoms with Crippen molar-refractivity contribution in [3.63, 3.8) is 0 Å². The number of hydrogen-bond acceptors (Lipinski definition) is 2. The highest BCUT2D eigenvalue weighted by atomic mass is 79.9. The van der Waals surface area contributed by atoms with Crippen molar-refractivity contribution < 1.29 is 4.79 Å². The molecule has 1 amide bonds. The zero-order valence-electron chi connectivity index (χ0n) is 8.91. The Balaban J connectivity index is 2.35. The topological polar surface area (TPSA) is 33.2 Å². The molecule has 1 aromatic heterocycles. The number of carbonyl (C=O) groups excluding carboxylic acids is 1. The van der Waals surface area contributed by atoms with Crippen molar-refractivity contribution in [2.45, 2.75) is 13.3 Å². The SMILES string of the molecule is Cc1ccnc(Cl)c1N1CC(CBr)CC1=O. The highest BCUT2D eigenvalue weighted by Crippen LogP contribution is 2.32. The molecule has 1 saturated heterocycles. The average molecular weight is 304 g/mol. The van der Waals surface area contributed by atoms with E-state index in [2.05, 4.69) is 20.9 Å². The van der Waals surface area contributed by atoms with Gasteiger partial charge in [-0.2, -0.15) is 0 Å². The molecular weight excluding hydrogens is 291 g/mol. The quantitative estimate of drug-likeness (QED) is 0.622. The number of amides is 1. The Morgan fingerprint density at radius 2 is 2.44 bits per heavy atom. The van der Waals surface area contributed by atoms with Crippen LogP contribution < -0.4 is 4.90 Å². The number of pyridine rings is 1. The third-order valence-corrected chi connectivity index (χ3v) is 3.97. The van der Waals surface area contributed by atoms with E-state index >= 15 is 0 Å². The van der Waals surface area contributed by atoms with E-state index in [0.717, 1.165) is 23.1 Å². The highest BCUT2D eigenvalue weighted by molar-refractivity contribution is 9.09. The fourth-order valence-corrected chi connectivity index (χ4v) is 2.68. The minimum absolute atomic E-state index is 0.127. The van der Waals surface area contributed by atoms with E-state index in [0.29, 0.717) is 17.5 Å². The second-order valence-corrected chi connectivity index (χ2v) is 5.00. The normalized spacial score (nSPS) is 20.6. The molecule has 2 heterocycles. The minimum Gasteiger partial charge on any atom is -0.309 e. The maximum Gasteiger partial charge on any atom is 0.227 e. The predicted octanol–water partition coefficient (Wildman–Crippen LogP) is 2.79. The molecule has 1 aliphatic rings. The Morgan fingerprint density at radius 3 is 3.00 bits per heavy atom. The fourth-order valence-electron chi connectivity index (χ4n) is 1.94. The first-order valence-electron chi connectivity index (χ1n) is 5.11. The lowest BCUT2D eigenvalue weighted by Crippen LogP contribution is -2.26. The summed E-state index contributed by atoms with van der Waals surface area (Å²) in [6.45, 7) is 2.66. The Labute approximate surface area is 108 Å². The van der Waals surface area contributed by atoms with Gasteiger partial charge in [-0.15, -0.1) is 0 Å². The smallest absolute Gasteiger partial charge is 0.227 e. The molecule has 16 heavy (non-hydrogen) atoms. The molecule has 0 N–H and O–H groups in total. The van der Waals surface area contributed by atoms with E-state index in [1.807, 2.05) is 13.0 Å². The van der Waals surface area contributed by atoms with Crippen LogP contribution in [0.5, 0.6) is 0 Å². The highest BCUT2D eigenvalue weighted by Gasteiger charge is 2.31. The molecule has 3 nitrogen and oxygen atoms in total. The van der Waals surface area contributed by atoms with Crippen LogP contribution in [-0.4, -0.2) is 22.8 Å². The summed E-state index contributed by atoms with van der Waals surface area (Å²) in [5.74, 6) is 0.491. The van der Waals surface area contributed by atoms with Gasteiger partial charge in [-0.05, 0) is 24.5 Å². The van der Waals surface area contributed by atoms with E-state index in [-0.39, 0.29) is 5.91 Å². The van der Waals surface area contributed by atoms with E-state index in [4.69, 9.17) is 11.6 Å². The van der Waals surface area contributed by atoms with Crippen LogP contribution in [0.2, 0.25) is 5.15 Å². The average Bonchev–Trinajstić information content (AvgIpc) is 2.60. The summed E-state index contributed by atoms with van der Waals surface area (Å²) in [5, 5.41) is 1.25. The van der Waals surface area contributed by atoms with Crippen LogP contribution in [0.15, 0.2) is 12.3 Å². The third kappa shape index (κ3) is 2.09. The lowest BCUT2D eigenvalue weighted by molar-refractivity contribution is -0.117. The van der Waals surface area contributed by atoms with Gasteiger partial charge in [0.05, 0.1) is 5.69 Å². The maximum absolute atomic E-state index is 11.9. The summed E-state index contributed by atoms with van der Waals surface area (Å²) in [4.78, 5) is 17.6. The van der Waals surface area contributed by atoms with E-state index in [9.17, 15) is 4.79 Å². The van der Waals surface area contributed by atoms with Gasteiger partial charge in [0.2, 0.25) is 5.91 Å². The van der Waals surface area contributed by atoms with Crippen LogP contribution in [0.25, 0.3) is 0 Å². The van der Waals surface area contributed by atoms with Crippen molar-refractivity contribution in [2.75, 3.05) is 16.8 Å². The molecule has 86 valence electrons. The lowest BCUT2D eigenvalue weighted by atomic mass is 10.2. The standard InChI is InChI=1S/C11H12BrClN2O/c1-7-2-3-14-11(13)10(7)15-6-8(5-12)4-9(15)16/h2-3,8H,4-6H2,1H3. The van der Waals surface area contributed by atoms with E-state index in [1.165, 1.54) is 0 Å². The predicted molar refractivity (Wildman–Crippen MR) is 68.2 cm³/mol. The number of halogens is 2. The summed E-state index contributed by atoms with van der Waals surface area (Å²) in [6, 6.07) is 1.87. The molecule has 1 aromatic rings. The van der Waals surface area contributed by atoms with Crippen molar-refractivity contribution in [3.05, 3.63) is 23.0 Å². The minimum atomic E-state index is 0.127. The first kappa shape index (κ1) is 11.9. The van der Waals surface area contributed by atoms with Crippen LogP contribution >= 0.6 is 27.5 Å². The number of aromatic nitrogens is 1. The fraction of sp³-hybridized carbons (Fsp3) is 0.455. The number of hydrogen-bond donors (Lipinski definition) is 0. The molecule has 0 aliphatic carbocycles. The molecule has 5 heteroatoms. The van der Waals surface area contributed by atoms with E-state index < -0.39 is 0 Å². The van der Waals surface area contributed by atoms with Crippen molar-refractivity contribution in [3.8, 4) is 0 Å². The Kier molecular flexibility index (Phi) is 3.50. The molecule has 0 bridgehead atoms. The van der Waals surface area contributed by atoms with E-state index in [1.54, 1.807) is 11.1 Å². The van der Waals surface area contributed by atoms with Gasteiger partial charge < -0.3 is 4.90 Å². The molecule has 1 unspecified atom stereocenters. The van der Waals surface area contributed by atoms with Gasteiger partial charge in [-0.3, -0.25) is 4.79 Å². The molecule has 0 saturated carbocycles. The zero-order chi connectivity index (χ0) is 11.7. The van der Waals surface area contributed by atoms with Gasteiger partial charge >= 0.3 is 0 Å². The zero-order valence-corrected chi connectivity index (χ0v) is 11.3. The van der Waals surface area contributed by atoms with Crippen molar-refractivity contribution >= 4 is 39.1 Å². The molecule has 2 rings (SSSR count). The molecule has 0 aromatic carbocycles. The number of aryl methyl sites for hydroxylation is 1. The van der Waals surface area contributed by atoms with Gasteiger partial charge in [-0.25, -0.2) is 4.98 Å². The number of anilines is 1. The summed E-state index contributed by atoms with van der Waals surface area (Å²) in [6.07, 6.45) is 2.24. The first-order valence-corrected chi connectivity index (χ1v) is 6.61. The van der Waals surface area contributed by atoms with Crippen molar-refractivity contribution in [1.82, 2.24) is 4.98 Å². The molecule has 1 aliphatic heterocycles. The summed E-state index contributed by atoms with van der Waals surface area (Å²) < 4.78 is 0. The molecule has 1 fully saturated rings. The monoisotopic (exact) mass is 302 g/mol. The number of carbonyl (C=O) groups is 1. The van der Waals surface area contributed by atoms with Crippen LogP contribution in [0.3, 0.4) is 0 Å². The van der Waals surface area contributed by atoms with Crippen LogP contribution in [-0.2, 0) is 4.79 Å². The molecule has 0 radical (unpaired) electrons. The first-order chi connectivity index (χ1) is 7.63. The number of nitrogens with zero attached hydrogens (tertiary/aromatic N) is 2. The summed E-state index contributed by atoms with van der Waals surface area (Å²) in [7, 11) is 0. The van der Waals surface area contributed by atoms with Gasteiger partial charge in [-0.1, -0.05) is 27.5 Å². The van der Waals surface area contributed by atoms with Crippen molar-refractivity contribution in [2.24, 2.45) is 5.92 Å². The number of rotatable bonds is 2. The summed E-state index contributed by atoms with van der Waals surface area (Å²) in [5.41, 5.74) is 1.75. The third-order valence-electron chi connectivity index (χ3n) is 2.77. The molecule has 1 atom stereocenters. The van der Waals surface area contributed by atoms with Crippen LogP contribution in [0, 0.1) is 12.8 Å². The van der Waals surface area contributed by atoms with Gasteiger partial charge in [0.25, 0.3) is 0 Å². The maximum atomic E-state index is 11.9. The Bertz CT molecular complexity index is 404. The Morgan fingerprint density at radius 1 is 1.69 bits per heavy atom. The molecular formula is C11H12BrClN2O. The van der Waals surface area contributed by atoms with Gasteiger partial charge in [0.1, 0.15) is 0 Å². The summed E-state index contributed by atoms with van der Waals surface area (Å²) >= 11 is 9.46. The van der Waals surface area contributed by atoms with Gasteiger partial charge in [0.15, 0.2) is 5.15 Å². The molecule has 0 spiro atoms. The Hall–Kier alpha value is -0.610. The van der Waals surface area contributed by atoms with Crippen LogP contribution in [0.4, 0.5) is 5.69 Å². The van der Waals surface area contributed by atoms with Crippen molar-refractivity contribution in [1.29, 1.82) is 0 Å². The second kappa shape index (κ2) is 4.72. The van der Waals surface area contributed by atoms with Crippen LogP contribution in [0.1, 0.15) is 12.0 Å².